The van der Waals surface area contributed by atoms with Gasteiger partial charge in [-0.25, -0.2) is 0 Å². The molecule has 1 aromatic carbocycles. The zero-order chi connectivity index (χ0) is 18.7. The van der Waals surface area contributed by atoms with Gasteiger partial charge in [-0.3, -0.25) is 19.4 Å². The van der Waals surface area contributed by atoms with E-state index in [2.05, 4.69) is 15.6 Å². The van der Waals surface area contributed by atoms with Crippen molar-refractivity contribution >= 4 is 23.4 Å². The van der Waals surface area contributed by atoms with E-state index in [1.54, 1.807) is 41.4 Å². The highest BCUT2D eigenvalue weighted by atomic mass is 16.2. The standard InChI is InChI=1S/C19H20N4O3/c1-12(2)23-15-9-4-3-8-14(15)16(19(23)26)22-18(25)17(24)21-11-13-7-5-6-10-20-13/h3-10,12,16H,11H2,1-2H3,(H,21,24)(H,22,25). The highest BCUT2D eigenvalue weighted by molar-refractivity contribution is 6.35. The molecule has 134 valence electrons. The predicted molar refractivity (Wildman–Crippen MR) is 96.0 cm³/mol. The molecule has 26 heavy (non-hydrogen) atoms. The molecule has 0 fully saturated rings. The first-order valence-electron chi connectivity index (χ1n) is 8.39. The number of benzene rings is 1. The Morgan fingerprint density at radius 3 is 2.54 bits per heavy atom. The van der Waals surface area contributed by atoms with Crippen LogP contribution < -0.4 is 15.5 Å². The third-order valence-corrected chi connectivity index (χ3v) is 4.15. The first-order chi connectivity index (χ1) is 12.5. The maximum Gasteiger partial charge on any atom is 0.310 e. The number of carbonyl (C=O) groups is 3. The van der Waals surface area contributed by atoms with Crippen LogP contribution >= 0.6 is 0 Å². The number of anilines is 1. The lowest BCUT2D eigenvalue weighted by Crippen LogP contribution is -2.45. The average Bonchev–Trinajstić information content (AvgIpc) is 2.92. The minimum absolute atomic E-state index is 0.0523. The summed E-state index contributed by atoms with van der Waals surface area (Å²) in [6, 6.07) is 11.7. The molecule has 1 unspecified atom stereocenters. The van der Waals surface area contributed by atoms with E-state index in [0.717, 1.165) is 5.69 Å². The van der Waals surface area contributed by atoms with E-state index < -0.39 is 17.9 Å². The number of pyridine rings is 1. The lowest BCUT2D eigenvalue weighted by Gasteiger charge is -2.22. The smallest absolute Gasteiger partial charge is 0.310 e. The van der Waals surface area contributed by atoms with Crippen LogP contribution in [0.25, 0.3) is 0 Å². The molecule has 3 rings (SSSR count). The summed E-state index contributed by atoms with van der Waals surface area (Å²) in [6.45, 7) is 3.94. The number of rotatable bonds is 4. The molecule has 1 aliphatic rings. The summed E-state index contributed by atoms with van der Waals surface area (Å²) in [5.41, 5.74) is 2.09. The summed E-state index contributed by atoms with van der Waals surface area (Å²) in [5, 5.41) is 5.05. The van der Waals surface area contributed by atoms with Crippen molar-refractivity contribution in [2.45, 2.75) is 32.5 Å². The van der Waals surface area contributed by atoms with Crippen LogP contribution in [0.5, 0.6) is 0 Å². The van der Waals surface area contributed by atoms with Crippen LogP contribution in [0.1, 0.15) is 31.1 Å². The molecule has 0 aliphatic carbocycles. The molecule has 7 heteroatoms. The minimum atomic E-state index is -0.860. The van der Waals surface area contributed by atoms with E-state index in [-0.39, 0.29) is 18.5 Å². The summed E-state index contributed by atoms with van der Waals surface area (Å²) in [7, 11) is 0. The molecule has 0 spiro atoms. The van der Waals surface area contributed by atoms with E-state index in [4.69, 9.17) is 0 Å². The summed E-state index contributed by atoms with van der Waals surface area (Å²) in [6.07, 6.45) is 1.61. The SMILES string of the molecule is CC(C)N1C(=O)C(NC(=O)C(=O)NCc2ccccn2)c2ccccc21. The molecule has 0 bridgehead atoms. The lowest BCUT2D eigenvalue weighted by molar-refractivity contribution is -0.140. The molecule has 1 aliphatic heterocycles. The Labute approximate surface area is 151 Å². The highest BCUT2D eigenvalue weighted by Gasteiger charge is 2.39. The quantitative estimate of drug-likeness (QED) is 0.812. The number of carbonyl (C=O) groups excluding carboxylic acids is 3. The molecular weight excluding hydrogens is 332 g/mol. The second-order valence-corrected chi connectivity index (χ2v) is 6.27. The zero-order valence-electron chi connectivity index (χ0n) is 14.6. The van der Waals surface area contributed by atoms with Crippen LogP contribution in [0.4, 0.5) is 5.69 Å². The Morgan fingerprint density at radius 2 is 1.85 bits per heavy atom. The average molecular weight is 352 g/mol. The number of nitrogens with zero attached hydrogens (tertiary/aromatic N) is 2. The van der Waals surface area contributed by atoms with Crippen LogP contribution in [0.2, 0.25) is 0 Å². The summed E-state index contributed by atoms with van der Waals surface area (Å²) >= 11 is 0. The Kier molecular flexibility index (Phi) is 4.97. The van der Waals surface area contributed by atoms with Crippen LogP contribution in [-0.2, 0) is 20.9 Å². The largest absolute Gasteiger partial charge is 0.342 e. The molecule has 2 heterocycles. The predicted octanol–water partition coefficient (Wildman–Crippen LogP) is 1.31. The first kappa shape index (κ1) is 17.6. The van der Waals surface area contributed by atoms with Gasteiger partial charge in [-0.05, 0) is 32.0 Å². The number of nitrogens with one attached hydrogen (secondary N) is 2. The van der Waals surface area contributed by atoms with Crippen LogP contribution in [0, 0.1) is 0 Å². The fraction of sp³-hybridized carbons (Fsp3) is 0.263. The topological polar surface area (TPSA) is 91.4 Å². The van der Waals surface area contributed by atoms with Crippen molar-refractivity contribution in [1.29, 1.82) is 0 Å². The Bertz CT molecular complexity index is 836. The zero-order valence-corrected chi connectivity index (χ0v) is 14.6. The number of fused-ring (bicyclic) bond motifs is 1. The van der Waals surface area contributed by atoms with Gasteiger partial charge >= 0.3 is 11.8 Å². The molecule has 1 atom stereocenters. The number of para-hydroxylation sites is 1. The molecule has 2 aromatic rings. The van der Waals surface area contributed by atoms with Gasteiger partial charge in [-0.1, -0.05) is 24.3 Å². The van der Waals surface area contributed by atoms with E-state index in [1.807, 2.05) is 26.0 Å². The third kappa shape index (κ3) is 3.42. The molecule has 0 radical (unpaired) electrons. The first-order valence-corrected chi connectivity index (χ1v) is 8.39. The summed E-state index contributed by atoms with van der Waals surface area (Å²) in [5.74, 6) is -1.89. The monoisotopic (exact) mass is 352 g/mol. The number of amides is 3. The van der Waals surface area contributed by atoms with Gasteiger partial charge < -0.3 is 15.5 Å². The number of hydrogen-bond acceptors (Lipinski definition) is 4. The number of aromatic nitrogens is 1. The summed E-state index contributed by atoms with van der Waals surface area (Å²) in [4.78, 5) is 42.7. The van der Waals surface area contributed by atoms with Crippen molar-refractivity contribution in [3.05, 3.63) is 59.9 Å². The van der Waals surface area contributed by atoms with Crippen LogP contribution in [-0.4, -0.2) is 28.7 Å². The molecule has 0 saturated heterocycles. The Hall–Kier alpha value is -3.22. The normalized spacial score (nSPS) is 15.7. The maximum atomic E-state index is 12.7. The third-order valence-electron chi connectivity index (χ3n) is 4.15. The van der Waals surface area contributed by atoms with Crippen molar-refractivity contribution in [3.63, 3.8) is 0 Å². The molecule has 7 nitrogen and oxygen atoms in total. The second-order valence-electron chi connectivity index (χ2n) is 6.27. The van der Waals surface area contributed by atoms with Crippen molar-refractivity contribution in [2.75, 3.05) is 4.90 Å². The van der Waals surface area contributed by atoms with Gasteiger partial charge in [0.1, 0.15) is 6.04 Å². The van der Waals surface area contributed by atoms with Crippen molar-refractivity contribution in [3.8, 4) is 0 Å². The second kappa shape index (κ2) is 7.35. The molecule has 2 N–H and O–H groups in total. The van der Waals surface area contributed by atoms with Gasteiger partial charge in [0.2, 0.25) is 0 Å². The van der Waals surface area contributed by atoms with Gasteiger partial charge in [-0.15, -0.1) is 0 Å². The van der Waals surface area contributed by atoms with E-state index in [9.17, 15) is 14.4 Å². The van der Waals surface area contributed by atoms with Crippen LogP contribution in [0.3, 0.4) is 0 Å². The fourth-order valence-electron chi connectivity index (χ4n) is 2.96. The highest BCUT2D eigenvalue weighted by Crippen LogP contribution is 2.36. The minimum Gasteiger partial charge on any atom is -0.342 e. The van der Waals surface area contributed by atoms with Gasteiger partial charge in [0.15, 0.2) is 0 Å². The molecule has 3 amide bonds. The Balaban J connectivity index is 1.69. The van der Waals surface area contributed by atoms with Crippen molar-refractivity contribution in [1.82, 2.24) is 15.6 Å². The van der Waals surface area contributed by atoms with Gasteiger partial charge in [0.05, 0.1) is 12.2 Å². The van der Waals surface area contributed by atoms with E-state index in [1.165, 1.54) is 0 Å². The van der Waals surface area contributed by atoms with Crippen molar-refractivity contribution < 1.29 is 14.4 Å². The molecule has 0 saturated carbocycles. The van der Waals surface area contributed by atoms with Gasteiger partial charge in [0.25, 0.3) is 5.91 Å². The molecular formula is C19H20N4O3. The Morgan fingerprint density at radius 1 is 1.12 bits per heavy atom. The fourth-order valence-corrected chi connectivity index (χ4v) is 2.96. The van der Waals surface area contributed by atoms with Crippen molar-refractivity contribution in [2.24, 2.45) is 0 Å². The van der Waals surface area contributed by atoms with E-state index >= 15 is 0 Å². The molecule has 1 aromatic heterocycles. The van der Waals surface area contributed by atoms with Gasteiger partial charge in [0, 0.05) is 23.5 Å². The van der Waals surface area contributed by atoms with Crippen LogP contribution in [0.15, 0.2) is 48.7 Å². The number of hydrogen-bond donors (Lipinski definition) is 2. The van der Waals surface area contributed by atoms with E-state index in [0.29, 0.717) is 11.3 Å². The lowest BCUT2D eigenvalue weighted by atomic mass is 10.1. The summed E-state index contributed by atoms with van der Waals surface area (Å²) < 4.78 is 0. The van der Waals surface area contributed by atoms with Gasteiger partial charge in [-0.2, -0.15) is 0 Å². The maximum absolute atomic E-state index is 12.7.